The Morgan fingerprint density at radius 1 is 1.21 bits per heavy atom. The van der Waals surface area contributed by atoms with Gasteiger partial charge in [0.2, 0.25) is 5.69 Å². The molecule has 10 nitrogen and oxygen atoms in total. The monoisotopic (exact) mass is 266 g/mol. The van der Waals surface area contributed by atoms with E-state index in [0.29, 0.717) is 0 Å². The van der Waals surface area contributed by atoms with Crippen molar-refractivity contribution in [2.45, 2.75) is 6.61 Å². The maximum atomic E-state index is 11.7. The zero-order valence-corrected chi connectivity index (χ0v) is 9.25. The van der Waals surface area contributed by atoms with Gasteiger partial charge in [0.05, 0.1) is 20.3 Å². The van der Waals surface area contributed by atoms with E-state index in [1.165, 1.54) is 18.2 Å². The first-order valence-electron chi connectivity index (χ1n) is 4.93. The molecule has 0 aliphatic heterocycles. The van der Waals surface area contributed by atoms with Crippen LogP contribution in [0.2, 0.25) is 0 Å². The SMILES string of the molecule is O=c1c2ccccc2c(CO[N+](=O)[O-])nn1[N+](=O)[O-]. The summed E-state index contributed by atoms with van der Waals surface area (Å²) in [5, 5.41) is 22.5. The first kappa shape index (κ1) is 12.4. The molecule has 0 spiro atoms. The molecule has 2 aromatic rings. The van der Waals surface area contributed by atoms with Crippen molar-refractivity contribution in [1.29, 1.82) is 0 Å². The molecular formula is C9H6N4O6. The van der Waals surface area contributed by atoms with Crippen LogP contribution in [0.4, 0.5) is 0 Å². The van der Waals surface area contributed by atoms with Gasteiger partial charge in [-0.2, -0.15) is 0 Å². The lowest BCUT2D eigenvalue weighted by atomic mass is 10.1. The maximum Gasteiger partial charge on any atom is 0.341 e. The topological polar surface area (TPSA) is 130 Å². The molecule has 0 fully saturated rings. The summed E-state index contributed by atoms with van der Waals surface area (Å²) in [7, 11) is 0. The number of nitro groups is 1. The van der Waals surface area contributed by atoms with Crippen molar-refractivity contribution in [1.82, 2.24) is 9.89 Å². The minimum Gasteiger partial charge on any atom is -0.339 e. The summed E-state index contributed by atoms with van der Waals surface area (Å²) < 4.78 is 0. The molecule has 0 unspecified atom stereocenters. The molecule has 0 bridgehead atoms. The molecule has 2 rings (SSSR count). The van der Waals surface area contributed by atoms with Gasteiger partial charge in [0.25, 0.3) is 5.09 Å². The Balaban J connectivity index is 2.67. The molecule has 1 aromatic carbocycles. The molecule has 0 amide bonds. The lowest BCUT2D eigenvalue weighted by Gasteiger charge is -2.02. The highest BCUT2D eigenvalue weighted by Gasteiger charge is 2.19. The molecule has 0 aliphatic carbocycles. The molecule has 0 atom stereocenters. The maximum absolute atomic E-state index is 11.7. The average molecular weight is 266 g/mol. The third kappa shape index (κ3) is 2.31. The van der Waals surface area contributed by atoms with Crippen LogP contribution in [-0.4, -0.2) is 20.0 Å². The number of benzene rings is 1. The Hall–Kier alpha value is -3.04. The molecular weight excluding hydrogens is 260 g/mol. The van der Waals surface area contributed by atoms with Crippen molar-refractivity contribution in [3.63, 3.8) is 0 Å². The molecule has 10 heteroatoms. The molecule has 19 heavy (non-hydrogen) atoms. The second-order valence-electron chi connectivity index (χ2n) is 3.42. The lowest BCUT2D eigenvalue weighted by molar-refractivity contribution is -0.763. The minimum atomic E-state index is -1.04. The van der Waals surface area contributed by atoms with Crippen LogP contribution in [-0.2, 0) is 11.4 Å². The Bertz CT molecular complexity index is 724. The Morgan fingerprint density at radius 3 is 2.42 bits per heavy atom. The molecule has 0 N–H and O–H groups in total. The van der Waals surface area contributed by atoms with Crippen molar-refractivity contribution in [2.75, 3.05) is 0 Å². The van der Waals surface area contributed by atoms with E-state index in [9.17, 15) is 25.0 Å². The molecule has 0 aliphatic rings. The van der Waals surface area contributed by atoms with Crippen LogP contribution in [0.3, 0.4) is 0 Å². The van der Waals surface area contributed by atoms with Gasteiger partial charge in [-0.15, -0.1) is 10.1 Å². The van der Waals surface area contributed by atoms with E-state index in [0.717, 1.165) is 0 Å². The first-order valence-corrected chi connectivity index (χ1v) is 4.93. The lowest BCUT2D eigenvalue weighted by Crippen LogP contribution is -2.30. The van der Waals surface area contributed by atoms with Gasteiger partial charge in [-0.1, -0.05) is 12.1 Å². The van der Waals surface area contributed by atoms with Crippen LogP contribution in [0.15, 0.2) is 29.1 Å². The summed E-state index contributed by atoms with van der Waals surface area (Å²) in [6.45, 7) is -0.582. The van der Waals surface area contributed by atoms with Gasteiger partial charge in [0, 0.05) is 5.39 Å². The van der Waals surface area contributed by atoms with Gasteiger partial charge in [-0.05, 0) is 12.1 Å². The summed E-state index contributed by atoms with van der Waals surface area (Å²) in [4.78, 5) is 36.7. The van der Waals surface area contributed by atoms with E-state index in [2.05, 4.69) is 9.94 Å². The third-order valence-corrected chi connectivity index (χ3v) is 2.33. The Morgan fingerprint density at radius 2 is 1.84 bits per heavy atom. The quantitative estimate of drug-likeness (QED) is 0.568. The summed E-state index contributed by atoms with van der Waals surface area (Å²) in [6, 6.07) is 5.95. The van der Waals surface area contributed by atoms with Crippen molar-refractivity contribution >= 4 is 10.8 Å². The van der Waals surface area contributed by atoms with Gasteiger partial charge in [0.15, 0.2) is 6.61 Å². The fourth-order valence-electron chi connectivity index (χ4n) is 1.57. The number of rotatable bonds is 4. The zero-order valence-electron chi connectivity index (χ0n) is 9.25. The fourth-order valence-corrected chi connectivity index (χ4v) is 1.57. The summed E-state index contributed by atoms with van der Waals surface area (Å²) in [5.41, 5.74) is -0.978. The average Bonchev–Trinajstić information content (AvgIpc) is 2.37. The van der Waals surface area contributed by atoms with Crippen LogP contribution in [0.5, 0.6) is 0 Å². The molecule has 0 radical (unpaired) electrons. The van der Waals surface area contributed by atoms with Gasteiger partial charge in [0.1, 0.15) is 0 Å². The van der Waals surface area contributed by atoms with E-state index in [4.69, 9.17) is 0 Å². The number of fused-ring (bicyclic) bond motifs is 1. The number of nitrogens with zero attached hydrogens (tertiary/aromatic N) is 4. The highest BCUT2D eigenvalue weighted by atomic mass is 16.9. The first-order chi connectivity index (χ1) is 9.00. The van der Waals surface area contributed by atoms with Crippen molar-refractivity contribution in [3.8, 4) is 0 Å². The number of aromatic nitrogens is 2. The third-order valence-electron chi connectivity index (χ3n) is 2.33. The summed E-state index contributed by atoms with van der Waals surface area (Å²) >= 11 is 0. The molecule has 1 aromatic heterocycles. The summed E-state index contributed by atoms with van der Waals surface area (Å²) in [5.74, 6) is 0. The Kier molecular flexibility index (Phi) is 3.06. The van der Waals surface area contributed by atoms with Crippen LogP contribution < -0.4 is 5.56 Å². The summed E-state index contributed by atoms with van der Waals surface area (Å²) in [6.07, 6.45) is 0. The second kappa shape index (κ2) is 4.68. The van der Waals surface area contributed by atoms with E-state index in [-0.39, 0.29) is 21.3 Å². The molecule has 0 saturated heterocycles. The van der Waals surface area contributed by atoms with Crippen LogP contribution in [0.1, 0.15) is 5.69 Å². The predicted octanol–water partition coefficient (Wildman–Crippen LogP) is 0.145. The van der Waals surface area contributed by atoms with Crippen LogP contribution >= 0.6 is 0 Å². The van der Waals surface area contributed by atoms with Crippen molar-refractivity contribution in [2.24, 2.45) is 0 Å². The van der Waals surface area contributed by atoms with E-state index in [1.54, 1.807) is 6.07 Å². The Labute approximate surface area is 104 Å². The fraction of sp³-hybridized carbons (Fsp3) is 0.111. The smallest absolute Gasteiger partial charge is 0.339 e. The highest BCUT2D eigenvalue weighted by Crippen LogP contribution is 2.13. The largest absolute Gasteiger partial charge is 0.341 e. The van der Waals surface area contributed by atoms with Crippen LogP contribution in [0.25, 0.3) is 10.8 Å². The number of hydrogen-bond donors (Lipinski definition) is 0. The van der Waals surface area contributed by atoms with Gasteiger partial charge in [-0.25, -0.2) is 0 Å². The highest BCUT2D eigenvalue weighted by molar-refractivity contribution is 5.83. The standard InChI is InChI=1S/C9H6N4O6/c14-9-7-4-2-1-3-6(7)8(5-19-13(17)18)10-11(9)12(15)16/h1-4H,5H2. The zero-order chi connectivity index (χ0) is 14.0. The van der Waals surface area contributed by atoms with Crippen LogP contribution in [0, 0.1) is 20.2 Å². The molecule has 98 valence electrons. The molecule has 0 saturated carbocycles. The van der Waals surface area contributed by atoms with Crippen molar-refractivity contribution in [3.05, 3.63) is 60.5 Å². The van der Waals surface area contributed by atoms with E-state index >= 15 is 0 Å². The predicted molar refractivity (Wildman–Crippen MR) is 60.2 cm³/mol. The number of hydrogen-bond acceptors (Lipinski definition) is 7. The normalized spacial score (nSPS) is 10.3. The van der Waals surface area contributed by atoms with E-state index < -0.39 is 22.3 Å². The van der Waals surface area contributed by atoms with Crippen molar-refractivity contribution < 1.29 is 15.0 Å². The molecule has 1 heterocycles. The van der Waals surface area contributed by atoms with Gasteiger partial charge in [-0.3, -0.25) is 4.79 Å². The van der Waals surface area contributed by atoms with Gasteiger partial charge >= 0.3 is 5.56 Å². The van der Waals surface area contributed by atoms with Gasteiger partial charge < -0.3 is 15.0 Å². The second-order valence-corrected chi connectivity index (χ2v) is 3.42. The van der Waals surface area contributed by atoms with E-state index in [1.807, 2.05) is 0 Å². The minimum absolute atomic E-state index is 0.0287.